The molecule has 0 amide bonds. The maximum Gasteiger partial charge on any atom is 0.147 e. The molecular weight excluding hydrogens is 351 g/mol. The molecule has 24 heavy (non-hydrogen) atoms. The van der Waals surface area contributed by atoms with E-state index in [0.717, 1.165) is 18.5 Å². The molecule has 1 aliphatic rings. The van der Waals surface area contributed by atoms with E-state index in [0.29, 0.717) is 19.0 Å². The number of nitrogens with zero attached hydrogens (tertiary/aromatic N) is 1. The van der Waals surface area contributed by atoms with Gasteiger partial charge in [-0.3, -0.25) is 4.90 Å². The van der Waals surface area contributed by atoms with Gasteiger partial charge in [-0.15, -0.1) is 0 Å². The van der Waals surface area contributed by atoms with Gasteiger partial charge in [0.2, 0.25) is 0 Å². The van der Waals surface area contributed by atoms with E-state index in [4.69, 9.17) is 11.6 Å². The third-order valence-corrected chi connectivity index (χ3v) is 5.82. The van der Waals surface area contributed by atoms with E-state index in [1.54, 1.807) is 6.07 Å². The van der Waals surface area contributed by atoms with Crippen molar-refractivity contribution in [2.75, 3.05) is 25.1 Å². The molecule has 0 aromatic heterocycles. The summed E-state index contributed by atoms with van der Waals surface area (Å²) in [6, 6.07) is 5.57. The first-order chi connectivity index (χ1) is 11.2. The Hall–Kier alpha value is -0.690. The quantitative estimate of drug-likeness (QED) is 0.743. The monoisotopic (exact) mass is 376 g/mol. The van der Waals surface area contributed by atoms with Crippen LogP contribution in [0.25, 0.3) is 0 Å². The highest BCUT2D eigenvalue weighted by Crippen LogP contribution is 2.35. The van der Waals surface area contributed by atoms with Gasteiger partial charge in [0.1, 0.15) is 15.7 Å². The average Bonchev–Trinajstić information content (AvgIpc) is 2.89. The molecule has 0 saturated carbocycles. The zero-order valence-corrected chi connectivity index (χ0v) is 16.0. The minimum atomic E-state index is -2.93. The Bertz CT molecular complexity index is 667. The second kappa shape index (κ2) is 8.13. The number of hydrogen-bond donors (Lipinski definition) is 1. The van der Waals surface area contributed by atoms with E-state index >= 15 is 0 Å². The molecule has 1 fully saturated rings. The number of benzene rings is 1. The maximum absolute atomic E-state index is 13.9. The summed E-state index contributed by atoms with van der Waals surface area (Å²) in [4.78, 5) is 2.34. The van der Waals surface area contributed by atoms with Crippen LogP contribution in [0.15, 0.2) is 18.2 Å². The summed E-state index contributed by atoms with van der Waals surface area (Å²) >= 11 is 5.81. The first kappa shape index (κ1) is 19.6. The summed E-state index contributed by atoms with van der Waals surface area (Å²) in [5.41, 5.74) is 0.906. The van der Waals surface area contributed by atoms with Crippen LogP contribution in [0, 0.1) is 5.82 Å². The Balaban J connectivity index is 2.10. The Morgan fingerprint density at radius 1 is 1.42 bits per heavy atom. The lowest BCUT2D eigenvalue weighted by molar-refractivity contribution is 0.190. The third-order valence-electron chi connectivity index (χ3n) is 4.48. The Morgan fingerprint density at radius 3 is 2.71 bits per heavy atom. The fourth-order valence-electron chi connectivity index (χ4n) is 3.35. The lowest BCUT2D eigenvalue weighted by atomic mass is 9.99. The van der Waals surface area contributed by atoms with E-state index in [2.05, 4.69) is 24.1 Å². The highest BCUT2D eigenvalue weighted by Gasteiger charge is 2.36. The molecule has 2 atom stereocenters. The lowest BCUT2D eigenvalue weighted by Crippen LogP contribution is -2.39. The number of rotatable bonds is 7. The van der Waals surface area contributed by atoms with Gasteiger partial charge in [0, 0.05) is 24.9 Å². The lowest BCUT2D eigenvalue weighted by Gasteiger charge is -2.32. The molecule has 1 saturated heterocycles. The SMILES string of the molecule is CC(C)N1CC[C@@H](NCCCS(C)(=O)=O)[C@@H]1c1ccc(Cl)c(F)c1. The van der Waals surface area contributed by atoms with Crippen molar-refractivity contribution in [3.8, 4) is 0 Å². The molecule has 1 aromatic carbocycles. The Labute approximate surface area is 149 Å². The van der Waals surface area contributed by atoms with Crippen LogP contribution in [-0.4, -0.2) is 50.5 Å². The highest BCUT2D eigenvalue weighted by atomic mass is 35.5. The van der Waals surface area contributed by atoms with Gasteiger partial charge in [0.05, 0.1) is 16.8 Å². The number of sulfone groups is 1. The van der Waals surface area contributed by atoms with Crippen LogP contribution >= 0.6 is 11.6 Å². The van der Waals surface area contributed by atoms with Gasteiger partial charge in [0.15, 0.2) is 0 Å². The summed E-state index contributed by atoms with van der Waals surface area (Å²) in [5.74, 6) is -0.221. The van der Waals surface area contributed by atoms with E-state index in [9.17, 15) is 12.8 Å². The largest absolute Gasteiger partial charge is 0.312 e. The minimum Gasteiger partial charge on any atom is -0.312 e. The number of nitrogens with one attached hydrogen (secondary N) is 1. The fourth-order valence-corrected chi connectivity index (χ4v) is 4.14. The molecule has 0 spiro atoms. The van der Waals surface area contributed by atoms with E-state index in [-0.39, 0.29) is 22.9 Å². The first-order valence-electron chi connectivity index (χ1n) is 8.31. The van der Waals surface area contributed by atoms with E-state index < -0.39 is 15.7 Å². The molecule has 1 heterocycles. The average molecular weight is 377 g/mol. The summed E-state index contributed by atoms with van der Waals surface area (Å²) in [5, 5.41) is 3.59. The predicted octanol–water partition coefficient (Wildman–Crippen LogP) is 3.03. The summed E-state index contributed by atoms with van der Waals surface area (Å²) in [6.45, 7) is 5.82. The van der Waals surface area contributed by atoms with Crippen molar-refractivity contribution in [3.05, 3.63) is 34.6 Å². The zero-order valence-electron chi connectivity index (χ0n) is 14.4. The molecule has 0 bridgehead atoms. The van der Waals surface area contributed by atoms with Gasteiger partial charge < -0.3 is 5.32 Å². The smallest absolute Gasteiger partial charge is 0.147 e. The molecule has 0 aliphatic carbocycles. The molecule has 1 aromatic rings. The van der Waals surface area contributed by atoms with Gasteiger partial charge in [0.25, 0.3) is 0 Å². The van der Waals surface area contributed by atoms with Crippen molar-refractivity contribution in [2.24, 2.45) is 0 Å². The van der Waals surface area contributed by atoms with Crippen LogP contribution in [0.3, 0.4) is 0 Å². The Kier molecular flexibility index (Phi) is 6.65. The summed E-state index contributed by atoms with van der Waals surface area (Å²) < 4.78 is 36.4. The van der Waals surface area contributed by atoms with Crippen molar-refractivity contribution in [1.29, 1.82) is 0 Å². The molecule has 136 valence electrons. The van der Waals surface area contributed by atoms with Crippen LogP contribution in [0.5, 0.6) is 0 Å². The van der Waals surface area contributed by atoms with Crippen LogP contribution in [0.2, 0.25) is 5.02 Å². The number of likely N-dealkylation sites (tertiary alicyclic amines) is 1. The topological polar surface area (TPSA) is 49.4 Å². The van der Waals surface area contributed by atoms with Crippen molar-refractivity contribution in [3.63, 3.8) is 0 Å². The molecule has 1 N–H and O–H groups in total. The van der Waals surface area contributed by atoms with Crippen molar-refractivity contribution >= 4 is 21.4 Å². The van der Waals surface area contributed by atoms with Gasteiger partial charge in [-0.2, -0.15) is 0 Å². The van der Waals surface area contributed by atoms with Crippen molar-refractivity contribution in [2.45, 2.75) is 44.8 Å². The Morgan fingerprint density at radius 2 is 2.12 bits per heavy atom. The van der Waals surface area contributed by atoms with Crippen molar-refractivity contribution < 1.29 is 12.8 Å². The van der Waals surface area contributed by atoms with Gasteiger partial charge in [-0.05, 0) is 50.9 Å². The first-order valence-corrected chi connectivity index (χ1v) is 10.7. The zero-order chi connectivity index (χ0) is 17.9. The number of halogens is 2. The summed E-state index contributed by atoms with van der Waals surface area (Å²) in [6.07, 6.45) is 2.78. The van der Waals surface area contributed by atoms with Gasteiger partial charge >= 0.3 is 0 Å². The normalized spacial score (nSPS) is 22.4. The highest BCUT2D eigenvalue weighted by molar-refractivity contribution is 7.90. The maximum atomic E-state index is 13.9. The summed E-state index contributed by atoms with van der Waals surface area (Å²) in [7, 11) is -2.93. The minimum absolute atomic E-state index is 0.0648. The van der Waals surface area contributed by atoms with E-state index in [1.165, 1.54) is 12.3 Å². The van der Waals surface area contributed by atoms with Crippen LogP contribution in [-0.2, 0) is 9.84 Å². The van der Waals surface area contributed by atoms with Crippen molar-refractivity contribution in [1.82, 2.24) is 10.2 Å². The molecule has 0 radical (unpaired) electrons. The fraction of sp³-hybridized carbons (Fsp3) is 0.647. The molecule has 1 aliphatic heterocycles. The molecule has 2 rings (SSSR count). The number of hydrogen-bond acceptors (Lipinski definition) is 4. The second-order valence-corrected chi connectivity index (χ2v) is 9.45. The molecule has 4 nitrogen and oxygen atoms in total. The molecular formula is C17H26ClFN2O2S. The second-order valence-electron chi connectivity index (χ2n) is 6.78. The van der Waals surface area contributed by atoms with Crippen LogP contribution in [0.1, 0.15) is 38.3 Å². The third kappa shape index (κ3) is 5.15. The predicted molar refractivity (Wildman–Crippen MR) is 96.7 cm³/mol. The van der Waals surface area contributed by atoms with E-state index in [1.807, 2.05) is 6.07 Å². The van der Waals surface area contributed by atoms with Gasteiger partial charge in [-0.1, -0.05) is 17.7 Å². The molecule has 7 heteroatoms. The molecule has 0 unspecified atom stereocenters. The standard InChI is InChI=1S/C17H26ClFN2O2S/c1-12(2)21-9-7-16(20-8-4-10-24(3,22)23)17(21)13-5-6-14(18)15(19)11-13/h5-6,11-12,16-17,20H,4,7-10H2,1-3H3/t16-,17+/m1/s1. The van der Waals surface area contributed by atoms with Crippen LogP contribution in [0.4, 0.5) is 4.39 Å². The van der Waals surface area contributed by atoms with Crippen LogP contribution < -0.4 is 5.32 Å². The van der Waals surface area contributed by atoms with Gasteiger partial charge in [-0.25, -0.2) is 12.8 Å².